The van der Waals surface area contributed by atoms with E-state index in [2.05, 4.69) is 21.4 Å². The van der Waals surface area contributed by atoms with Gasteiger partial charge < -0.3 is 5.32 Å². The number of rotatable bonds is 7. The highest BCUT2D eigenvalue weighted by molar-refractivity contribution is 7.97. The van der Waals surface area contributed by atoms with Crippen LogP contribution in [0.5, 0.6) is 0 Å². The van der Waals surface area contributed by atoms with Crippen molar-refractivity contribution in [2.75, 3.05) is 38.5 Å². The zero-order valence-electron chi connectivity index (χ0n) is 17.7. The van der Waals surface area contributed by atoms with E-state index in [1.807, 2.05) is 11.9 Å². The van der Waals surface area contributed by atoms with Crippen LogP contribution in [-0.2, 0) is 0 Å². The second kappa shape index (κ2) is 11.1. The van der Waals surface area contributed by atoms with E-state index in [0.29, 0.717) is 6.54 Å². The lowest BCUT2D eigenvalue weighted by Crippen LogP contribution is -2.60. The smallest absolute Gasteiger partial charge is 0.255 e. The third-order valence-electron chi connectivity index (χ3n) is 6.27. The van der Waals surface area contributed by atoms with E-state index in [-0.39, 0.29) is 5.54 Å². The van der Waals surface area contributed by atoms with Gasteiger partial charge in [0, 0.05) is 44.0 Å². The Kier molecular flexibility index (Phi) is 8.81. The van der Waals surface area contributed by atoms with Crippen molar-refractivity contribution in [3.63, 3.8) is 0 Å². The van der Waals surface area contributed by atoms with Gasteiger partial charge in [0.1, 0.15) is 11.6 Å². The molecule has 1 saturated carbocycles. The molecular formula is C22H32ClF2N3OS. The highest BCUT2D eigenvalue weighted by Crippen LogP contribution is 2.34. The standard InChI is InChI=1S/C22H32ClF2N3OS/c1-2-15-30-28-13-11-27(12-14-28)22(9-5-3-4-6-10-22)16-26-21(29)19-17(24)7-8-18(25)20(19)23/h7-8H,2-6,9-16H2,1H3,(H,26,29). The normalized spacial score (nSPS) is 20.7. The predicted molar refractivity (Wildman–Crippen MR) is 120 cm³/mol. The van der Waals surface area contributed by atoms with Gasteiger partial charge in [-0.3, -0.25) is 9.69 Å². The zero-order valence-corrected chi connectivity index (χ0v) is 19.3. The van der Waals surface area contributed by atoms with Gasteiger partial charge in [-0.15, -0.1) is 0 Å². The van der Waals surface area contributed by atoms with Crippen LogP contribution in [0.2, 0.25) is 5.02 Å². The summed E-state index contributed by atoms with van der Waals surface area (Å²) in [6.07, 6.45) is 7.83. The minimum atomic E-state index is -0.796. The molecule has 168 valence electrons. The lowest BCUT2D eigenvalue weighted by Gasteiger charge is -2.47. The number of carbonyl (C=O) groups excluding carboxylic acids is 1. The molecular weight excluding hydrogens is 428 g/mol. The molecule has 2 aliphatic rings. The Morgan fingerprint density at radius 3 is 2.37 bits per heavy atom. The number of amides is 1. The SMILES string of the molecule is CCCSN1CCN(C2(CNC(=O)c3c(F)ccc(F)c3Cl)CCCCCC2)CC1. The van der Waals surface area contributed by atoms with Gasteiger partial charge in [-0.1, -0.05) is 56.2 Å². The van der Waals surface area contributed by atoms with Gasteiger partial charge in [0.15, 0.2) is 0 Å². The molecule has 1 saturated heterocycles. The number of halogens is 3. The van der Waals surface area contributed by atoms with E-state index in [0.717, 1.165) is 69.7 Å². The maximum absolute atomic E-state index is 14.2. The van der Waals surface area contributed by atoms with Gasteiger partial charge in [-0.2, -0.15) is 0 Å². The summed E-state index contributed by atoms with van der Waals surface area (Å²) in [6, 6.07) is 1.89. The van der Waals surface area contributed by atoms with Crippen molar-refractivity contribution >= 4 is 29.5 Å². The van der Waals surface area contributed by atoms with Crippen LogP contribution in [0.4, 0.5) is 8.78 Å². The Balaban J connectivity index is 1.70. The largest absolute Gasteiger partial charge is 0.350 e. The van der Waals surface area contributed by atoms with E-state index in [1.165, 1.54) is 19.3 Å². The summed E-state index contributed by atoms with van der Waals surface area (Å²) >= 11 is 7.80. The molecule has 0 unspecified atom stereocenters. The molecule has 0 aromatic heterocycles. The lowest BCUT2D eigenvalue weighted by atomic mass is 9.87. The molecule has 3 rings (SSSR count). The quantitative estimate of drug-likeness (QED) is 0.349. The first-order chi connectivity index (χ1) is 14.5. The van der Waals surface area contributed by atoms with Crippen molar-refractivity contribution in [2.45, 2.75) is 57.4 Å². The fraction of sp³-hybridized carbons (Fsp3) is 0.682. The molecule has 2 fully saturated rings. The van der Waals surface area contributed by atoms with Crippen LogP contribution in [0.15, 0.2) is 12.1 Å². The van der Waals surface area contributed by atoms with Gasteiger partial charge in [0.2, 0.25) is 0 Å². The van der Waals surface area contributed by atoms with Crippen molar-refractivity contribution in [2.24, 2.45) is 0 Å². The van der Waals surface area contributed by atoms with E-state index in [4.69, 9.17) is 11.6 Å². The van der Waals surface area contributed by atoms with Crippen molar-refractivity contribution in [3.8, 4) is 0 Å². The molecule has 1 aromatic rings. The van der Waals surface area contributed by atoms with Gasteiger partial charge in [-0.25, -0.2) is 13.1 Å². The van der Waals surface area contributed by atoms with E-state index < -0.39 is 28.1 Å². The van der Waals surface area contributed by atoms with Crippen LogP contribution in [0.25, 0.3) is 0 Å². The number of hydrogen-bond donors (Lipinski definition) is 1. The molecule has 0 bridgehead atoms. The first-order valence-electron chi connectivity index (χ1n) is 11.0. The monoisotopic (exact) mass is 459 g/mol. The van der Waals surface area contributed by atoms with Crippen LogP contribution < -0.4 is 5.32 Å². The first-order valence-corrected chi connectivity index (χ1v) is 12.3. The second-order valence-corrected chi connectivity index (χ2v) is 9.85. The Hall–Kier alpha value is -0.890. The summed E-state index contributed by atoms with van der Waals surface area (Å²) in [7, 11) is 0. The Labute approximate surface area is 187 Å². The van der Waals surface area contributed by atoms with E-state index >= 15 is 0 Å². The molecule has 0 spiro atoms. The van der Waals surface area contributed by atoms with Crippen LogP contribution in [0.3, 0.4) is 0 Å². The molecule has 0 atom stereocenters. The molecule has 1 heterocycles. The summed E-state index contributed by atoms with van der Waals surface area (Å²) in [5.41, 5.74) is -0.537. The molecule has 1 aliphatic heterocycles. The third-order valence-corrected chi connectivity index (χ3v) is 7.96. The zero-order chi connectivity index (χ0) is 21.6. The second-order valence-electron chi connectivity index (χ2n) is 8.29. The van der Waals surface area contributed by atoms with Crippen LogP contribution in [0.1, 0.15) is 62.2 Å². The topological polar surface area (TPSA) is 35.6 Å². The number of piperazine rings is 1. The van der Waals surface area contributed by atoms with Gasteiger partial charge in [0.05, 0.1) is 10.6 Å². The summed E-state index contributed by atoms with van der Waals surface area (Å²) in [5.74, 6) is -1.08. The molecule has 0 radical (unpaired) electrons. The number of hydrogen-bond acceptors (Lipinski definition) is 4. The third kappa shape index (κ3) is 5.67. The van der Waals surface area contributed by atoms with E-state index in [1.54, 1.807) is 0 Å². The number of nitrogens with one attached hydrogen (secondary N) is 1. The van der Waals surface area contributed by atoms with Gasteiger partial charge >= 0.3 is 0 Å². The number of nitrogens with zero attached hydrogens (tertiary/aromatic N) is 2. The van der Waals surface area contributed by atoms with Gasteiger partial charge in [-0.05, 0) is 31.4 Å². The molecule has 30 heavy (non-hydrogen) atoms. The fourth-order valence-corrected chi connectivity index (χ4v) is 5.67. The summed E-state index contributed by atoms with van der Waals surface area (Å²) in [6.45, 7) is 6.55. The fourth-order valence-electron chi connectivity index (χ4n) is 4.57. The first kappa shape index (κ1) is 23.8. The minimum absolute atomic E-state index is 0.135. The summed E-state index contributed by atoms with van der Waals surface area (Å²) < 4.78 is 30.4. The van der Waals surface area contributed by atoms with Crippen molar-refractivity contribution in [1.82, 2.24) is 14.5 Å². The average molecular weight is 460 g/mol. The van der Waals surface area contributed by atoms with Crippen molar-refractivity contribution in [3.05, 3.63) is 34.4 Å². The maximum Gasteiger partial charge on any atom is 0.255 e. The predicted octanol–water partition coefficient (Wildman–Crippen LogP) is 5.12. The van der Waals surface area contributed by atoms with E-state index in [9.17, 15) is 13.6 Å². The maximum atomic E-state index is 14.2. The Morgan fingerprint density at radius 1 is 1.10 bits per heavy atom. The average Bonchev–Trinajstić information content (AvgIpc) is 3.01. The number of carbonyl (C=O) groups is 1. The van der Waals surface area contributed by atoms with Crippen molar-refractivity contribution in [1.29, 1.82) is 0 Å². The van der Waals surface area contributed by atoms with Crippen molar-refractivity contribution < 1.29 is 13.6 Å². The molecule has 8 heteroatoms. The molecule has 1 N–H and O–H groups in total. The molecule has 1 aromatic carbocycles. The lowest BCUT2D eigenvalue weighted by molar-refractivity contribution is 0.0409. The Morgan fingerprint density at radius 2 is 1.73 bits per heavy atom. The number of benzene rings is 1. The highest BCUT2D eigenvalue weighted by Gasteiger charge is 2.39. The summed E-state index contributed by atoms with van der Waals surface area (Å²) in [4.78, 5) is 15.2. The van der Waals surface area contributed by atoms with Gasteiger partial charge in [0.25, 0.3) is 5.91 Å². The Bertz CT molecular complexity index is 721. The molecule has 1 amide bonds. The molecule has 1 aliphatic carbocycles. The van der Waals surface area contributed by atoms with Crippen LogP contribution in [-0.4, -0.2) is 59.1 Å². The van der Waals surface area contributed by atoms with Crippen LogP contribution >= 0.6 is 23.5 Å². The molecule has 4 nitrogen and oxygen atoms in total. The highest BCUT2D eigenvalue weighted by atomic mass is 35.5. The summed E-state index contributed by atoms with van der Waals surface area (Å²) in [5, 5.41) is 2.44. The minimum Gasteiger partial charge on any atom is -0.350 e. The van der Waals surface area contributed by atoms with Crippen LogP contribution in [0, 0.1) is 11.6 Å².